The summed E-state index contributed by atoms with van der Waals surface area (Å²) < 4.78 is 5.63. The monoisotopic (exact) mass is 573 g/mol. The summed E-state index contributed by atoms with van der Waals surface area (Å²) in [5.41, 5.74) is 14.0. The number of nitrogens with zero attached hydrogens (tertiary/aromatic N) is 1. The molecular formula is C31H41Cl2N3O3. The fourth-order valence-electron chi connectivity index (χ4n) is 4.71. The number of halogens is 2. The summed E-state index contributed by atoms with van der Waals surface area (Å²) in [4.78, 5) is 27.3. The number of benzene rings is 2. The van der Waals surface area contributed by atoms with Crippen molar-refractivity contribution in [1.82, 2.24) is 4.90 Å². The van der Waals surface area contributed by atoms with E-state index in [0.717, 1.165) is 5.22 Å². The number of hydrogen-bond acceptors (Lipinski definition) is 5. The van der Waals surface area contributed by atoms with Crippen LogP contribution in [0.25, 0.3) is 29.0 Å². The molecule has 2 aromatic rings. The molecule has 4 rings (SSSR count). The SMILES string of the molecule is CC(C)(N)CCN(CCC(C)(C)N)C(=O)CCC(=O)OC1=CCc2c(ccc3c4c(ccc23)=CC=C4)=C1.Cl.Cl. The fraction of sp³-hybridized carbons (Fsp3) is 0.419. The summed E-state index contributed by atoms with van der Waals surface area (Å²) in [5.74, 6) is 0.0462. The Kier molecular flexibility index (Phi) is 11.0. The Labute approximate surface area is 243 Å². The molecule has 0 saturated carbocycles. The van der Waals surface area contributed by atoms with Crippen LogP contribution in [0.3, 0.4) is 0 Å². The maximum atomic E-state index is 12.9. The number of fused-ring (bicyclic) bond motifs is 5. The normalized spacial score (nSPS) is 13.6. The molecule has 2 aliphatic carbocycles. The quantitative estimate of drug-likeness (QED) is 0.416. The Bertz CT molecular complexity index is 1380. The lowest BCUT2D eigenvalue weighted by molar-refractivity contribution is -0.142. The van der Waals surface area contributed by atoms with Crippen LogP contribution in [-0.4, -0.2) is 40.9 Å². The van der Waals surface area contributed by atoms with Crippen molar-refractivity contribution in [2.45, 2.75) is 70.9 Å². The Balaban J connectivity index is 0.00000267. The first-order chi connectivity index (χ1) is 17.4. The summed E-state index contributed by atoms with van der Waals surface area (Å²) in [6.45, 7) is 8.84. The lowest BCUT2D eigenvalue weighted by Gasteiger charge is -2.29. The van der Waals surface area contributed by atoms with Crippen LogP contribution in [0.4, 0.5) is 0 Å². The number of nitrogens with two attached hydrogens (primary N) is 2. The largest absolute Gasteiger partial charge is 0.427 e. The molecule has 0 bridgehead atoms. The van der Waals surface area contributed by atoms with Crippen molar-refractivity contribution in [3.05, 3.63) is 63.7 Å². The van der Waals surface area contributed by atoms with Gasteiger partial charge < -0.3 is 21.1 Å². The fourth-order valence-corrected chi connectivity index (χ4v) is 4.71. The third-order valence-corrected chi connectivity index (χ3v) is 6.95. The van der Waals surface area contributed by atoms with Crippen LogP contribution in [0.1, 0.15) is 64.5 Å². The average molecular weight is 575 g/mol. The van der Waals surface area contributed by atoms with Gasteiger partial charge in [-0.2, -0.15) is 0 Å². The van der Waals surface area contributed by atoms with E-state index in [1.807, 2.05) is 39.8 Å². The van der Waals surface area contributed by atoms with Crippen LogP contribution in [0.15, 0.2) is 42.2 Å². The number of rotatable bonds is 10. The van der Waals surface area contributed by atoms with E-state index < -0.39 is 5.97 Å². The Morgan fingerprint density at radius 2 is 1.51 bits per heavy atom. The lowest BCUT2D eigenvalue weighted by atomic mass is 9.94. The van der Waals surface area contributed by atoms with Gasteiger partial charge in [0, 0.05) is 30.6 Å². The third kappa shape index (κ3) is 8.67. The maximum absolute atomic E-state index is 12.9. The van der Waals surface area contributed by atoms with Gasteiger partial charge in [-0.1, -0.05) is 42.5 Å². The van der Waals surface area contributed by atoms with Crippen molar-refractivity contribution in [2.75, 3.05) is 13.1 Å². The smallest absolute Gasteiger partial charge is 0.311 e. The second-order valence-corrected chi connectivity index (χ2v) is 11.6. The van der Waals surface area contributed by atoms with Crippen molar-refractivity contribution < 1.29 is 14.3 Å². The van der Waals surface area contributed by atoms with Crippen LogP contribution < -0.4 is 21.9 Å². The molecule has 2 aliphatic rings. The van der Waals surface area contributed by atoms with E-state index in [0.29, 0.717) is 38.1 Å². The third-order valence-electron chi connectivity index (χ3n) is 6.95. The van der Waals surface area contributed by atoms with Crippen LogP contribution in [0.5, 0.6) is 0 Å². The number of ether oxygens (including phenoxy) is 1. The summed E-state index contributed by atoms with van der Waals surface area (Å²) >= 11 is 0. The van der Waals surface area contributed by atoms with Gasteiger partial charge in [-0.05, 0) is 91.4 Å². The highest BCUT2D eigenvalue weighted by Gasteiger charge is 2.22. The summed E-state index contributed by atoms with van der Waals surface area (Å²) in [7, 11) is 0. The maximum Gasteiger partial charge on any atom is 0.311 e. The van der Waals surface area contributed by atoms with Gasteiger partial charge in [-0.3, -0.25) is 9.59 Å². The molecule has 0 heterocycles. The van der Waals surface area contributed by atoms with Crippen LogP contribution in [0, 0.1) is 0 Å². The molecular weight excluding hydrogens is 533 g/mol. The molecule has 6 nitrogen and oxygen atoms in total. The Hall–Kier alpha value is -2.64. The molecule has 8 heteroatoms. The number of carbonyl (C=O) groups excluding carboxylic acids is 2. The van der Waals surface area contributed by atoms with Crippen molar-refractivity contribution in [2.24, 2.45) is 11.5 Å². The van der Waals surface area contributed by atoms with Crippen LogP contribution in [0.2, 0.25) is 0 Å². The minimum absolute atomic E-state index is 0. The molecule has 1 amide bonds. The topological polar surface area (TPSA) is 98.6 Å². The molecule has 0 radical (unpaired) electrons. The molecule has 2 aromatic carbocycles. The summed E-state index contributed by atoms with van der Waals surface area (Å²) in [5, 5.41) is 4.76. The Morgan fingerprint density at radius 3 is 2.15 bits per heavy atom. The summed E-state index contributed by atoms with van der Waals surface area (Å²) in [6.07, 6.45) is 12.3. The molecule has 0 atom stereocenters. The lowest BCUT2D eigenvalue weighted by Crippen LogP contribution is -2.43. The molecule has 0 unspecified atom stereocenters. The molecule has 39 heavy (non-hydrogen) atoms. The molecule has 0 saturated heterocycles. The molecule has 4 N–H and O–H groups in total. The minimum Gasteiger partial charge on any atom is -0.427 e. The van der Waals surface area contributed by atoms with Crippen molar-refractivity contribution in [1.29, 1.82) is 0 Å². The molecule has 212 valence electrons. The number of hydrogen-bond donors (Lipinski definition) is 2. The second-order valence-electron chi connectivity index (χ2n) is 11.6. The van der Waals surface area contributed by atoms with Gasteiger partial charge in [0.05, 0.1) is 6.42 Å². The first-order valence-electron chi connectivity index (χ1n) is 13.1. The zero-order valence-corrected chi connectivity index (χ0v) is 24.9. The van der Waals surface area contributed by atoms with Gasteiger partial charge in [-0.25, -0.2) is 0 Å². The summed E-state index contributed by atoms with van der Waals surface area (Å²) in [6, 6.07) is 8.55. The van der Waals surface area contributed by atoms with Crippen LogP contribution in [-0.2, 0) is 20.7 Å². The molecule has 0 spiro atoms. The van der Waals surface area contributed by atoms with Crippen molar-refractivity contribution in [3.63, 3.8) is 0 Å². The van der Waals surface area contributed by atoms with E-state index in [-0.39, 0.29) is 54.6 Å². The van der Waals surface area contributed by atoms with E-state index in [2.05, 4.69) is 42.5 Å². The van der Waals surface area contributed by atoms with Crippen LogP contribution >= 0.6 is 24.8 Å². The Morgan fingerprint density at radius 1 is 0.897 bits per heavy atom. The molecule has 0 fully saturated rings. The highest BCUT2D eigenvalue weighted by Crippen LogP contribution is 2.23. The minimum atomic E-state index is -0.406. The standard InChI is InChI=1S/C31H39N3O3.2ClH/c1-30(2,32)16-18-34(19-17-31(3,4)33)28(35)14-15-29(36)37-23-10-13-25-22(20-23)9-12-26-24-7-5-6-21(24)8-11-27(25)26;;/h5-12,20H,13-19,32-33H2,1-4H3;2*1H. The number of esters is 1. The number of amides is 1. The highest BCUT2D eigenvalue weighted by molar-refractivity contribution is 5.96. The predicted octanol–water partition coefficient (Wildman–Crippen LogP) is 4.12. The first kappa shape index (κ1) is 32.6. The van der Waals surface area contributed by atoms with E-state index >= 15 is 0 Å². The van der Waals surface area contributed by atoms with Crippen molar-refractivity contribution in [3.8, 4) is 0 Å². The van der Waals surface area contributed by atoms with E-state index in [1.54, 1.807) is 4.90 Å². The first-order valence-corrected chi connectivity index (χ1v) is 13.1. The zero-order valence-electron chi connectivity index (χ0n) is 23.3. The van der Waals surface area contributed by atoms with E-state index in [4.69, 9.17) is 16.2 Å². The predicted molar refractivity (Wildman–Crippen MR) is 165 cm³/mol. The van der Waals surface area contributed by atoms with Gasteiger partial charge in [0.15, 0.2) is 0 Å². The molecule has 0 aromatic heterocycles. The van der Waals surface area contributed by atoms with E-state index in [1.165, 1.54) is 27.1 Å². The van der Waals surface area contributed by atoms with E-state index in [9.17, 15) is 9.59 Å². The number of carbonyl (C=O) groups is 2. The van der Waals surface area contributed by atoms with Crippen molar-refractivity contribution >= 4 is 65.7 Å². The second kappa shape index (κ2) is 13.1. The number of allylic oxidation sites excluding steroid dienone is 3. The van der Waals surface area contributed by atoms with Gasteiger partial charge in [0.2, 0.25) is 5.91 Å². The van der Waals surface area contributed by atoms with Gasteiger partial charge in [-0.15, -0.1) is 24.8 Å². The average Bonchev–Trinajstić information content (AvgIpc) is 3.30. The van der Waals surface area contributed by atoms with Gasteiger partial charge >= 0.3 is 5.97 Å². The highest BCUT2D eigenvalue weighted by atomic mass is 35.5. The van der Waals surface area contributed by atoms with Gasteiger partial charge in [0.1, 0.15) is 5.76 Å². The zero-order chi connectivity index (χ0) is 26.8. The molecule has 0 aliphatic heterocycles. The van der Waals surface area contributed by atoms with Gasteiger partial charge in [0.25, 0.3) is 0 Å².